The van der Waals surface area contributed by atoms with Crippen LogP contribution >= 0.6 is 11.3 Å². The van der Waals surface area contributed by atoms with Crippen LogP contribution in [0.2, 0.25) is 0 Å². The molecule has 2 heteroatoms. The predicted octanol–water partition coefficient (Wildman–Crippen LogP) is 6.67. The highest BCUT2D eigenvalue weighted by Gasteiger charge is 2.01. The van der Waals surface area contributed by atoms with Crippen molar-refractivity contribution in [2.45, 2.75) is 72.6 Å². The second-order valence-electron chi connectivity index (χ2n) is 5.50. The molecule has 0 radical (unpaired) electrons. The lowest BCUT2D eigenvalue weighted by atomic mass is 10.1. The van der Waals surface area contributed by atoms with Gasteiger partial charge in [0.25, 0.3) is 0 Å². The first-order valence-corrected chi connectivity index (χ1v) is 8.88. The van der Waals surface area contributed by atoms with Gasteiger partial charge in [-0.2, -0.15) is 0 Å². The molecule has 0 bridgehead atoms. The second kappa shape index (κ2) is 9.93. The van der Waals surface area contributed by atoms with E-state index in [1.807, 2.05) is 5.51 Å². The third kappa shape index (κ3) is 5.62. The Bertz CT molecular complexity index is 445. The van der Waals surface area contributed by atoms with Gasteiger partial charge in [0.05, 0.1) is 15.7 Å². The zero-order valence-electron chi connectivity index (χ0n) is 13.5. The largest absolute Gasteiger partial charge is 0.244 e. The van der Waals surface area contributed by atoms with Crippen LogP contribution in [0.25, 0.3) is 10.2 Å². The summed E-state index contributed by atoms with van der Waals surface area (Å²) in [5.41, 5.74) is 5.67. The van der Waals surface area contributed by atoms with E-state index in [0.717, 1.165) is 5.52 Å². The molecule has 0 N–H and O–H groups in total. The van der Waals surface area contributed by atoms with E-state index in [1.54, 1.807) is 11.3 Å². The molecule has 0 fully saturated rings. The van der Waals surface area contributed by atoms with Crippen LogP contribution in [0.3, 0.4) is 0 Å². The maximum absolute atomic E-state index is 4.30. The van der Waals surface area contributed by atoms with E-state index < -0.39 is 0 Å². The molecule has 1 heterocycles. The number of thiazole rings is 1. The number of nitrogens with zero attached hydrogens (tertiary/aromatic N) is 1. The van der Waals surface area contributed by atoms with E-state index in [2.05, 4.69) is 44.8 Å². The summed E-state index contributed by atoms with van der Waals surface area (Å²) in [6.45, 7) is 8.75. The third-order valence-corrected chi connectivity index (χ3v) is 4.55. The summed E-state index contributed by atoms with van der Waals surface area (Å²) in [5, 5.41) is 0. The maximum Gasteiger partial charge on any atom is 0.0843 e. The zero-order chi connectivity index (χ0) is 14.8. The van der Waals surface area contributed by atoms with Crippen LogP contribution in [0.5, 0.6) is 0 Å². The van der Waals surface area contributed by atoms with Gasteiger partial charge in [0.2, 0.25) is 0 Å². The number of hydrogen-bond acceptors (Lipinski definition) is 2. The lowest BCUT2D eigenvalue weighted by Crippen LogP contribution is -1.77. The Balaban J connectivity index is 0.000000206. The van der Waals surface area contributed by atoms with E-state index in [1.165, 1.54) is 60.8 Å². The number of fused-ring (bicyclic) bond motifs is 1. The van der Waals surface area contributed by atoms with E-state index in [0.29, 0.717) is 0 Å². The van der Waals surface area contributed by atoms with E-state index >= 15 is 0 Å². The summed E-state index contributed by atoms with van der Waals surface area (Å²) in [5.74, 6) is 0. The van der Waals surface area contributed by atoms with Crippen LogP contribution in [0.1, 0.15) is 69.9 Å². The number of hydrogen-bond donors (Lipinski definition) is 0. The van der Waals surface area contributed by atoms with Crippen molar-refractivity contribution in [3.05, 3.63) is 28.8 Å². The van der Waals surface area contributed by atoms with Gasteiger partial charge in [0, 0.05) is 0 Å². The van der Waals surface area contributed by atoms with Crippen LogP contribution in [-0.4, -0.2) is 4.98 Å². The molecule has 0 unspecified atom stereocenters. The van der Waals surface area contributed by atoms with Crippen molar-refractivity contribution in [2.24, 2.45) is 0 Å². The zero-order valence-corrected chi connectivity index (χ0v) is 14.4. The first kappa shape index (κ1) is 17.2. The highest BCUT2D eigenvalue weighted by atomic mass is 32.1. The topological polar surface area (TPSA) is 12.9 Å². The van der Waals surface area contributed by atoms with Crippen molar-refractivity contribution < 1.29 is 0 Å². The van der Waals surface area contributed by atoms with Gasteiger partial charge in [-0.25, -0.2) is 4.98 Å². The van der Waals surface area contributed by atoms with Gasteiger partial charge in [0.1, 0.15) is 0 Å². The highest BCUT2D eigenvalue weighted by molar-refractivity contribution is 7.17. The Morgan fingerprint density at radius 2 is 1.40 bits per heavy atom. The fourth-order valence-corrected chi connectivity index (χ4v) is 3.08. The number of benzene rings is 1. The number of aryl methyl sites for hydroxylation is 2. The maximum atomic E-state index is 4.30. The van der Waals surface area contributed by atoms with E-state index in [4.69, 9.17) is 0 Å². The van der Waals surface area contributed by atoms with Crippen LogP contribution in [0.4, 0.5) is 0 Å². The molecular formula is C18H29NS. The molecule has 20 heavy (non-hydrogen) atoms. The van der Waals surface area contributed by atoms with Crippen LogP contribution in [0, 0.1) is 13.8 Å². The summed E-state index contributed by atoms with van der Waals surface area (Å²) in [6, 6.07) is 4.27. The number of unbranched alkanes of at least 4 members (excludes halogenated alkanes) is 6. The highest BCUT2D eigenvalue weighted by Crippen LogP contribution is 2.24. The predicted molar refractivity (Wildman–Crippen MR) is 92.8 cm³/mol. The van der Waals surface area contributed by atoms with Crippen molar-refractivity contribution in [1.29, 1.82) is 0 Å². The Morgan fingerprint density at radius 1 is 0.850 bits per heavy atom. The first-order valence-electron chi connectivity index (χ1n) is 8.00. The average molecular weight is 292 g/mol. The minimum atomic E-state index is 1.16. The Kier molecular flexibility index (Phi) is 8.52. The van der Waals surface area contributed by atoms with Gasteiger partial charge >= 0.3 is 0 Å². The van der Waals surface area contributed by atoms with E-state index in [9.17, 15) is 0 Å². The molecule has 0 saturated heterocycles. The molecule has 0 spiro atoms. The molecule has 0 aliphatic rings. The monoisotopic (exact) mass is 291 g/mol. The van der Waals surface area contributed by atoms with Crippen molar-refractivity contribution in [1.82, 2.24) is 4.98 Å². The fraction of sp³-hybridized carbons (Fsp3) is 0.611. The molecule has 1 aromatic heterocycles. The van der Waals surface area contributed by atoms with Crippen LogP contribution < -0.4 is 0 Å². The molecule has 0 amide bonds. The van der Waals surface area contributed by atoms with Gasteiger partial charge < -0.3 is 0 Å². The van der Waals surface area contributed by atoms with Crippen LogP contribution in [-0.2, 0) is 0 Å². The lowest BCUT2D eigenvalue weighted by Gasteiger charge is -1.96. The summed E-state index contributed by atoms with van der Waals surface area (Å²) in [6.07, 6.45) is 9.97. The molecule has 112 valence electrons. The van der Waals surface area contributed by atoms with Gasteiger partial charge in [-0.15, -0.1) is 11.3 Å². The molecule has 1 aromatic carbocycles. The molecule has 2 rings (SSSR count). The molecular weight excluding hydrogens is 262 g/mol. The number of rotatable bonds is 6. The van der Waals surface area contributed by atoms with Crippen molar-refractivity contribution in [3.8, 4) is 0 Å². The van der Waals surface area contributed by atoms with Crippen LogP contribution in [0.15, 0.2) is 17.6 Å². The normalized spacial score (nSPS) is 10.4. The van der Waals surface area contributed by atoms with Gasteiger partial charge in [-0.05, 0) is 25.0 Å². The fourth-order valence-electron chi connectivity index (χ4n) is 2.24. The summed E-state index contributed by atoms with van der Waals surface area (Å²) in [4.78, 5) is 4.30. The van der Waals surface area contributed by atoms with Gasteiger partial charge in [-0.3, -0.25) is 0 Å². The second-order valence-corrected chi connectivity index (χ2v) is 6.35. The third-order valence-electron chi connectivity index (χ3n) is 3.59. The number of aromatic nitrogens is 1. The minimum absolute atomic E-state index is 1.16. The first-order chi connectivity index (χ1) is 9.70. The Hall–Kier alpha value is -0.890. The summed E-state index contributed by atoms with van der Waals surface area (Å²) >= 11 is 1.72. The van der Waals surface area contributed by atoms with Crippen molar-refractivity contribution >= 4 is 21.6 Å². The van der Waals surface area contributed by atoms with Crippen molar-refractivity contribution in [2.75, 3.05) is 0 Å². The minimum Gasteiger partial charge on any atom is -0.244 e. The molecule has 2 aromatic rings. The SMILES string of the molecule is CCCCCCCCC.Cc1ccc(C)c2scnc12. The van der Waals surface area contributed by atoms with Gasteiger partial charge in [0.15, 0.2) is 0 Å². The molecule has 1 nitrogen and oxygen atoms in total. The van der Waals surface area contributed by atoms with Crippen molar-refractivity contribution in [3.63, 3.8) is 0 Å². The molecule has 0 aliphatic carbocycles. The summed E-state index contributed by atoms with van der Waals surface area (Å²) < 4.78 is 1.32. The van der Waals surface area contributed by atoms with Gasteiger partial charge in [-0.1, -0.05) is 70.9 Å². The standard InChI is InChI=1S/C9H9NS.C9H20/c1-6-3-4-7(2)9-8(6)10-5-11-9;1-3-5-7-9-8-6-4-2/h3-5H,1-2H3;3-9H2,1-2H3. The lowest BCUT2D eigenvalue weighted by molar-refractivity contribution is 0.602. The molecule has 0 aliphatic heterocycles. The smallest absolute Gasteiger partial charge is 0.0843 e. The molecule has 0 saturated carbocycles. The molecule has 0 atom stereocenters. The average Bonchev–Trinajstić information content (AvgIpc) is 2.94. The Morgan fingerprint density at radius 3 is 1.95 bits per heavy atom. The summed E-state index contributed by atoms with van der Waals surface area (Å²) in [7, 11) is 0. The quantitative estimate of drug-likeness (QED) is 0.541. The Labute approximate surface area is 128 Å². The van der Waals surface area contributed by atoms with E-state index in [-0.39, 0.29) is 0 Å².